The van der Waals surface area contributed by atoms with Crippen molar-refractivity contribution >= 4 is 17.5 Å². The highest BCUT2D eigenvalue weighted by Crippen LogP contribution is 2.38. The van der Waals surface area contributed by atoms with Crippen molar-refractivity contribution in [2.45, 2.75) is 38.6 Å². The molecule has 1 unspecified atom stereocenters. The molecular formula is C10H19NOS. The first kappa shape index (κ1) is 11.1. The Kier molecular flexibility index (Phi) is 3.08. The molecule has 0 spiro atoms. The Morgan fingerprint density at radius 2 is 2.08 bits per heavy atom. The van der Waals surface area contributed by atoms with Crippen molar-refractivity contribution in [2.75, 3.05) is 12.8 Å². The molecule has 1 heterocycles. The first-order chi connectivity index (χ1) is 5.86. The van der Waals surface area contributed by atoms with Crippen molar-refractivity contribution in [2.24, 2.45) is 5.92 Å². The number of hydrogen-bond acceptors (Lipinski definition) is 3. The SMILES string of the molecule is CC(C)C(=O)C1CSC(C)(C)N1C. The molecule has 3 heteroatoms. The highest BCUT2D eigenvalue weighted by atomic mass is 32.2. The zero-order valence-corrected chi connectivity index (χ0v) is 9.94. The van der Waals surface area contributed by atoms with Crippen LogP contribution in [0.2, 0.25) is 0 Å². The second-order valence-electron chi connectivity index (χ2n) is 4.44. The third kappa shape index (κ3) is 2.08. The molecule has 0 aliphatic carbocycles. The van der Waals surface area contributed by atoms with E-state index >= 15 is 0 Å². The maximum Gasteiger partial charge on any atom is 0.153 e. The number of nitrogens with zero attached hydrogens (tertiary/aromatic N) is 1. The van der Waals surface area contributed by atoms with Crippen LogP contribution in [0.3, 0.4) is 0 Å². The van der Waals surface area contributed by atoms with Crippen molar-refractivity contribution in [1.29, 1.82) is 0 Å². The summed E-state index contributed by atoms with van der Waals surface area (Å²) in [5, 5.41) is 0. The summed E-state index contributed by atoms with van der Waals surface area (Å²) >= 11 is 1.87. The number of ketones is 1. The van der Waals surface area contributed by atoms with Gasteiger partial charge in [0.25, 0.3) is 0 Å². The molecular weight excluding hydrogens is 182 g/mol. The molecule has 0 aromatic heterocycles. The average molecular weight is 201 g/mol. The molecule has 0 saturated carbocycles. The van der Waals surface area contributed by atoms with Gasteiger partial charge in [0.15, 0.2) is 5.78 Å². The molecule has 0 aromatic carbocycles. The number of carbonyl (C=O) groups excluding carboxylic acids is 1. The minimum Gasteiger partial charge on any atom is -0.298 e. The van der Waals surface area contributed by atoms with Gasteiger partial charge in [-0.1, -0.05) is 13.8 Å². The van der Waals surface area contributed by atoms with Gasteiger partial charge in [-0.05, 0) is 20.9 Å². The number of Topliss-reactive ketones (excluding diaryl/α,β-unsaturated/α-hetero) is 1. The lowest BCUT2D eigenvalue weighted by Crippen LogP contribution is -2.44. The second-order valence-corrected chi connectivity index (χ2v) is 6.06. The van der Waals surface area contributed by atoms with Crippen molar-refractivity contribution < 1.29 is 4.79 Å². The monoisotopic (exact) mass is 201 g/mol. The smallest absolute Gasteiger partial charge is 0.153 e. The van der Waals surface area contributed by atoms with Crippen LogP contribution in [0.1, 0.15) is 27.7 Å². The fraction of sp³-hybridized carbons (Fsp3) is 0.900. The number of likely N-dealkylation sites (N-methyl/N-ethyl adjacent to an activating group) is 1. The molecule has 0 amide bonds. The van der Waals surface area contributed by atoms with Crippen molar-refractivity contribution in [3.8, 4) is 0 Å². The summed E-state index contributed by atoms with van der Waals surface area (Å²) in [5.41, 5.74) is 0. The number of carbonyl (C=O) groups is 1. The van der Waals surface area contributed by atoms with Gasteiger partial charge in [0.1, 0.15) is 0 Å². The van der Waals surface area contributed by atoms with Crippen molar-refractivity contribution in [3.05, 3.63) is 0 Å². The van der Waals surface area contributed by atoms with E-state index in [9.17, 15) is 4.79 Å². The molecule has 1 aliphatic rings. The van der Waals surface area contributed by atoms with Crippen molar-refractivity contribution in [3.63, 3.8) is 0 Å². The van der Waals surface area contributed by atoms with Crippen LogP contribution >= 0.6 is 11.8 Å². The molecule has 1 saturated heterocycles. The van der Waals surface area contributed by atoms with Crippen LogP contribution < -0.4 is 0 Å². The van der Waals surface area contributed by atoms with Gasteiger partial charge in [-0.15, -0.1) is 11.8 Å². The number of rotatable bonds is 2. The fourth-order valence-electron chi connectivity index (χ4n) is 1.53. The fourth-order valence-corrected chi connectivity index (χ4v) is 2.81. The van der Waals surface area contributed by atoms with Gasteiger partial charge >= 0.3 is 0 Å². The van der Waals surface area contributed by atoms with Gasteiger partial charge in [-0.2, -0.15) is 0 Å². The third-order valence-electron chi connectivity index (χ3n) is 2.81. The van der Waals surface area contributed by atoms with E-state index in [1.165, 1.54) is 0 Å². The molecule has 1 rings (SSSR count). The number of hydrogen-bond donors (Lipinski definition) is 0. The Morgan fingerprint density at radius 3 is 2.38 bits per heavy atom. The summed E-state index contributed by atoms with van der Waals surface area (Å²) in [6.07, 6.45) is 0. The van der Waals surface area contributed by atoms with Gasteiger partial charge in [-0.25, -0.2) is 0 Å². The van der Waals surface area contributed by atoms with Crippen LogP contribution in [0.25, 0.3) is 0 Å². The highest BCUT2D eigenvalue weighted by Gasteiger charge is 2.41. The molecule has 0 aromatic rings. The lowest BCUT2D eigenvalue weighted by atomic mass is 10.0. The topological polar surface area (TPSA) is 20.3 Å². The molecule has 1 aliphatic heterocycles. The average Bonchev–Trinajstić information content (AvgIpc) is 2.27. The summed E-state index contributed by atoms with van der Waals surface area (Å²) in [4.78, 5) is 14.1. The molecule has 0 N–H and O–H groups in total. The summed E-state index contributed by atoms with van der Waals surface area (Å²) in [7, 11) is 2.05. The summed E-state index contributed by atoms with van der Waals surface area (Å²) in [6.45, 7) is 8.30. The van der Waals surface area contributed by atoms with Gasteiger partial charge in [0.05, 0.1) is 10.9 Å². The van der Waals surface area contributed by atoms with Gasteiger partial charge in [0.2, 0.25) is 0 Å². The van der Waals surface area contributed by atoms with Gasteiger partial charge in [0, 0.05) is 11.7 Å². The molecule has 0 radical (unpaired) electrons. The van der Waals surface area contributed by atoms with E-state index in [-0.39, 0.29) is 16.8 Å². The van der Waals surface area contributed by atoms with E-state index in [1.54, 1.807) is 0 Å². The first-order valence-electron chi connectivity index (χ1n) is 4.77. The Bertz CT molecular complexity index is 213. The Labute approximate surface area is 85.1 Å². The first-order valence-corrected chi connectivity index (χ1v) is 5.75. The predicted octanol–water partition coefficient (Wildman–Crippen LogP) is 1.99. The number of thioether (sulfide) groups is 1. The van der Waals surface area contributed by atoms with E-state index in [0.717, 1.165) is 5.75 Å². The van der Waals surface area contributed by atoms with Crippen LogP contribution in [0.15, 0.2) is 0 Å². The maximum absolute atomic E-state index is 11.8. The van der Waals surface area contributed by atoms with Crippen molar-refractivity contribution in [1.82, 2.24) is 4.90 Å². The summed E-state index contributed by atoms with van der Waals surface area (Å²) < 4.78 is 0. The van der Waals surface area contributed by atoms with Gasteiger partial charge in [-0.3, -0.25) is 9.69 Å². The normalized spacial score (nSPS) is 28.3. The quantitative estimate of drug-likeness (QED) is 0.681. The molecule has 0 bridgehead atoms. The van der Waals surface area contributed by atoms with Crippen LogP contribution in [0.5, 0.6) is 0 Å². The van der Waals surface area contributed by atoms with E-state index in [1.807, 2.05) is 32.7 Å². The Hall–Kier alpha value is -0.0200. The molecule has 2 nitrogen and oxygen atoms in total. The van der Waals surface area contributed by atoms with Crippen LogP contribution in [-0.2, 0) is 4.79 Å². The van der Waals surface area contributed by atoms with E-state index in [4.69, 9.17) is 0 Å². The molecule has 76 valence electrons. The van der Waals surface area contributed by atoms with E-state index in [0.29, 0.717) is 5.78 Å². The van der Waals surface area contributed by atoms with Crippen LogP contribution in [0.4, 0.5) is 0 Å². The lowest BCUT2D eigenvalue weighted by Gasteiger charge is -2.30. The van der Waals surface area contributed by atoms with Gasteiger partial charge < -0.3 is 0 Å². The zero-order chi connectivity index (χ0) is 10.2. The summed E-state index contributed by atoms with van der Waals surface area (Å²) in [6, 6.07) is 0.125. The molecule has 1 fully saturated rings. The molecule has 1 atom stereocenters. The lowest BCUT2D eigenvalue weighted by molar-refractivity contribution is -0.126. The maximum atomic E-state index is 11.8. The second kappa shape index (κ2) is 3.62. The minimum atomic E-state index is 0.120. The molecule has 13 heavy (non-hydrogen) atoms. The van der Waals surface area contributed by atoms with E-state index in [2.05, 4.69) is 18.7 Å². The van der Waals surface area contributed by atoms with E-state index < -0.39 is 0 Å². The predicted molar refractivity (Wildman–Crippen MR) is 57.9 cm³/mol. The highest BCUT2D eigenvalue weighted by molar-refractivity contribution is 8.00. The Balaban J connectivity index is 2.71. The standard InChI is InChI=1S/C10H19NOS/c1-7(2)9(12)8-6-13-10(3,4)11(8)5/h7-8H,6H2,1-5H3. The summed E-state index contributed by atoms with van der Waals surface area (Å²) in [5.74, 6) is 1.48. The largest absolute Gasteiger partial charge is 0.298 e. The van der Waals surface area contributed by atoms with Crippen LogP contribution in [0, 0.1) is 5.92 Å². The Morgan fingerprint density at radius 1 is 1.54 bits per heavy atom. The minimum absolute atomic E-state index is 0.120. The van der Waals surface area contributed by atoms with Crippen LogP contribution in [-0.4, -0.2) is 34.4 Å². The third-order valence-corrected chi connectivity index (χ3v) is 4.29. The zero-order valence-electron chi connectivity index (χ0n) is 9.13.